The van der Waals surface area contributed by atoms with E-state index < -0.39 is 17.1 Å². The second kappa shape index (κ2) is 9.85. The predicted molar refractivity (Wildman–Crippen MR) is 109 cm³/mol. The maximum Gasteiger partial charge on any atom is 0.326 e. The van der Waals surface area contributed by atoms with Gasteiger partial charge in [0.1, 0.15) is 12.8 Å². The first-order valence-corrected chi connectivity index (χ1v) is 9.48. The molecule has 1 fully saturated rings. The largest absolute Gasteiger partial charge is 0.465 e. The number of hydrogen-bond donors (Lipinski definition) is 0. The normalized spacial score (nSPS) is 16.7. The summed E-state index contributed by atoms with van der Waals surface area (Å²) in [6.07, 6.45) is 6.08. The maximum atomic E-state index is 12.4. The van der Waals surface area contributed by atoms with Gasteiger partial charge in [-0.25, -0.2) is 0 Å². The molecule has 2 rings (SSSR count). The molecular formula is C21H21NO5S. The zero-order chi connectivity index (χ0) is 20.7. The number of carbonyl (C=O) groups excluding carboxylic acids is 4. The van der Waals surface area contributed by atoms with E-state index in [9.17, 15) is 19.2 Å². The highest BCUT2D eigenvalue weighted by molar-refractivity contribution is 8.18. The number of allylic oxidation sites excluding steroid dienone is 3. The number of carbonyl (C=O) groups is 4. The van der Waals surface area contributed by atoms with E-state index in [1.807, 2.05) is 37.3 Å². The van der Waals surface area contributed by atoms with Crippen molar-refractivity contribution < 1.29 is 23.9 Å². The summed E-state index contributed by atoms with van der Waals surface area (Å²) in [4.78, 5) is 47.7. The SMILES string of the molecule is CCOC(=O)CN1C(=O)S/C(=C\C(C)=C\c2ccc(/C=C(\C)C=O)cc2)C1=O. The van der Waals surface area contributed by atoms with Gasteiger partial charge in [-0.1, -0.05) is 30.3 Å². The van der Waals surface area contributed by atoms with Crippen molar-refractivity contribution in [2.45, 2.75) is 20.8 Å². The Morgan fingerprint density at radius 1 is 1.07 bits per heavy atom. The van der Waals surface area contributed by atoms with Gasteiger partial charge in [0.2, 0.25) is 0 Å². The van der Waals surface area contributed by atoms with Crippen LogP contribution in [-0.2, 0) is 19.1 Å². The molecule has 7 heteroatoms. The molecule has 0 unspecified atom stereocenters. The third-order valence-electron chi connectivity index (χ3n) is 3.74. The predicted octanol–water partition coefficient (Wildman–Crippen LogP) is 3.83. The fourth-order valence-electron chi connectivity index (χ4n) is 2.47. The highest BCUT2D eigenvalue weighted by atomic mass is 32.2. The van der Waals surface area contributed by atoms with Crippen molar-refractivity contribution in [3.05, 3.63) is 57.5 Å². The average Bonchev–Trinajstić information content (AvgIpc) is 2.90. The number of nitrogens with zero attached hydrogens (tertiary/aromatic N) is 1. The summed E-state index contributed by atoms with van der Waals surface area (Å²) in [5.41, 5.74) is 3.26. The van der Waals surface area contributed by atoms with Crippen LogP contribution in [0.15, 0.2) is 46.4 Å². The molecule has 146 valence electrons. The molecule has 1 aromatic rings. The Morgan fingerprint density at radius 2 is 1.64 bits per heavy atom. The summed E-state index contributed by atoms with van der Waals surface area (Å²) in [7, 11) is 0. The lowest BCUT2D eigenvalue weighted by Gasteiger charge is -2.10. The molecule has 0 saturated carbocycles. The second-order valence-corrected chi connectivity index (χ2v) is 7.13. The van der Waals surface area contributed by atoms with E-state index in [0.717, 1.165) is 39.6 Å². The van der Waals surface area contributed by atoms with Gasteiger partial charge in [-0.15, -0.1) is 0 Å². The minimum atomic E-state index is -0.614. The fourth-order valence-corrected chi connectivity index (χ4v) is 3.36. The second-order valence-electron chi connectivity index (χ2n) is 6.13. The quantitative estimate of drug-likeness (QED) is 0.394. The van der Waals surface area contributed by atoms with Gasteiger partial charge in [0, 0.05) is 0 Å². The van der Waals surface area contributed by atoms with Gasteiger partial charge in [-0.2, -0.15) is 0 Å². The number of benzene rings is 1. The van der Waals surface area contributed by atoms with Crippen molar-refractivity contribution in [2.24, 2.45) is 0 Å². The van der Waals surface area contributed by atoms with Gasteiger partial charge >= 0.3 is 5.97 Å². The highest BCUT2D eigenvalue weighted by Crippen LogP contribution is 2.31. The van der Waals surface area contributed by atoms with Crippen LogP contribution in [0.4, 0.5) is 4.79 Å². The molecule has 6 nitrogen and oxygen atoms in total. The van der Waals surface area contributed by atoms with Crippen LogP contribution in [0.5, 0.6) is 0 Å². The number of thioether (sulfide) groups is 1. The number of ether oxygens (including phenoxy) is 1. The van der Waals surface area contributed by atoms with Crippen LogP contribution < -0.4 is 0 Å². The number of hydrogen-bond acceptors (Lipinski definition) is 6. The van der Waals surface area contributed by atoms with Gasteiger partial charge in [-0.05, 0) is 67.0 Å². The number of amides is 2. The Balaban J connectivity index is 2.12. The smallest absolute Gasteiger partial charge is 0.326 e. The van der Waals surface area contributed by atoms with Crippen molar-refractivity contribution in [3.63, 3.8) is 0 Å². The summed E-state index contributed by atoms with van der Waals surface area (Å²) >= 11 is 0.802. The molecule has 0 spiro atoms. The minimum Gasteiger partial charge on any atom is -0.465 e. The molecule has 1 saturated heterocycles. The van der Waals surface area contributed by atoms with E-state index in [1.165, 1.54) is 0 Å². The van der Waals surface area contributed by atoms with Crippen LogP contribution in [0.1, 0.15) is 31.9 Å². The Hall–Kier alpha value is -2.93. The Labute approximate surface area is 167 Å². The zero-order valence-electron chi connectivity index (χ0n) is 15.9. The van der Waals surface area contributed by atoms with Crippen molar-refractivity contribution in [1.29, 1.82) is 0 Å². The number of aldehydes is 1. The molecule has 1 aromatic carbocycles. The maximum absolute atomic E-state index is 12.4. The minimum absolute atomic E-state index is 0.191. The summed E-state index contributed by atoms with van der Waals surface area (Å²) in [6.45, 7) is 5.03. The Bertz CT molecular complexity index is 881. The topological polar surface area (TPSA) is 80.8 Å². The van der Waals surface area contributed by atoms with Crippen LogP contribution >= 0.6 is 11.8 Å². The zero-order valence-corrected chi connectivity index (χ0v) is 16.7. The molecule has 1 aliphatic heterocycles. The van der Waals surface area contributed by atoms with Gasteiger partial charge in [0.25, 0.3) is 11.1 Å². The van der Waals surface area contributed by atoms with E-state index in [4.69, 9.17) is 4.74 Å². The number of imide groups is 1. The summed E-state index contributed by atoms with van der Waals surface area (Å²) < 4.78 is 4.79. The molecule has 0 aromatic heterocycles. The van der Waals surface area contributed by atoms with E-state index in [-0.39, 0.29) is 18.1 Å². The third-order valence-corrected chi connectivity index (χ3v) is 4.64. The number of rotatable bonds is 7. The molecule has 0 bridgehead atoms. The standard InChI is InChI=1S/C21H21NO5S/c1-4-27-19(24)12-22-20(25)18(28-21(22)26)11-14(2)9-16-5-7-17(8-6-16)10-15(3)13-23/h5-11,13H,4,12H2,1-3H3/b14-9+,15-10+,18-11-. The van der Waals surface area contributed by atoms with Crippen molar-refractivity contribution in [3.8, 4) is 0 Å². The average molecular weight is 399 g/mol. The molecule has 1 heterocycles. The fraction of sp³-hybridized carbons (Fsp3) is 0.238. The van der Waals surface area contributed by atoms with Gasteiger partial charge in [0.05, 0.1) is 11.5 Å². The van der Waals surface area contributed by atoms with Crippen LogP contribution in [0.25, 0.3) is 12.2 Å². The van der Waals surface area contributed by atoms with E-state index >= 15 is 0 Å². The van der Waals surface area contributed by atoms with Gasteiger partial charge in [-0.3, -0.25) is 24.1 Å². The van der Waals surface area contributed by atoms with Gasteiger partial charge < -0.3 is 4.74 Å². The van der Waals surface area contributed by atoms with Crippen LogP contribution in [0.3, 0.4) is 0 Å². The summed E-state index contributed by atoms with van der Waals surface area (Å²) in [6, 6.07) is 7.57. The molecule has 2 amide bonds. The molecular weight excluding hydrogens is 378 g/mol. The molecule has 0 radical (unpaired) electrons. The molecule has 0 N–H and O–H groups in total. The third kappa shape index (κ3) is 5.79. The molecule has 1 aliphatic rings. The highest BCUT2D eigenvalue weighted by Gasteiger charge is 2.36. The first-order chi connectivity index (χ1) is 13.3. The monoisotopic (exact) mass is 399 g/mol. The van der Waals surface area contributed by atoms with E-state index in [0.29, 0.717) is 5.57 Å². The first kappa shape index (κ1) is 21.4. The van der Waals surface area contributed by atoms with Gasteiger partial charge in [0.15, 0.2) is 0 Å². The molecule has 0 atom stereocenters. The van der Waals surface area contributed by atoms with Crippen molar-refractivity contribution in [1.82, 2.24) is 4.90 Å². The van der Waals surface area contributed by atoms with Crippen LogP contribution in [0, 0.1) is 0 Å². The first-order valence-electron chi connectivity index (χ1n) is 8.67. The lowest BCUT2D eigenvalue weighted by molar-refractivity contribution is -0.146. The van der Waals surface area contributed by atoms with E-state index in [1.54, 1.807) is 26.0 Å². The summed E-state index contributed by atoms with van der Waals surface area (Å²) in [5, 5.41) is -0.487. The van der Waals surface area contributed by atoms with Crippen molar-refractivity contribution >= 4 is 47.3 Å². The Kier molecular flexibility index (Phi) is 7.52. The number of esters is 1. The van der Waals surface area contributed by atoms with Crippen LogP contribution in [-0.4, -0.2) is 41.5 Å². The van der Waals surface area contributed by atoms with Crippen molar-refractivity contribution in [2.75, 3.05) is 13.2 Å². The summed E-state index contributed by atoms with van der Waals surface area (Å²) in [5.74, 6) is -1.11. The molecule has 0 aliphatic carbocycles. The lowest BCUT2D eigenvalue weighted by Crippen LogP contribution is -2.34. The Morgan fingerprint density at radius 3 is 2.18 bits per heavy atom. The lowest BCUT2D eigenvalue weighted by atomic mass is 10.1. The van der Waals surface area contributed by atoms with Crippen LogP contribution in [0.2, 0.25) is 0 Å². The molecule has 28 heavy (non-hydrogen) atoms. The van der Waals surface area contributed by atoms with E-state index in [2.05, 4.69) is 0 Å².